The first kappa shape index (κ1) is 20.9. The van der Waals surface area contributed by atoms with E-state index in [0.717, 1.165) is 24.3 Å². The van der Waals surface area contributed by atoms with Crippen LogP contribution in [0.3, 0.4) is 0 Å². The van der Waals surface area contributed by atoms with Crippen LogP contribution in [0.2, 0.25) is 0 Å². The van der Waals surface area contributed by atoms with Gasteiger partial charge in [0.25, 0.3) is 0 Å². The number of ether oxygens (including phenoxy) is 4. The zero-order valence-electron chi connectivity index (χ0n) is 30.8. The van der Waals surface area contributed by atoms with Crippen molar-refractivity contribution in [3.05, 3.63) is 60.2 Å². The summed E-state index contributed by atoms with van der Waals surface area (Å²) in [6.45, 7) is -13.6. The molecule has 0 saturated carbocycles. The molecule has 10 nitrogen and oxygen atoms in total. The van der Waals surface area contributed by atoms with Crippen LogP contribution in [-0.4, -0.2) is 81.3 Å². The lowest BCUT2D eigenvalue weighted by Gasteiger charge is -2.31. The molecule has 6 atom stereocenters. The fourth-order valence-corrected chi connectivity index (χ4v) is 5.60. The minimum absolute atomic E-state index is 0.0616. The monoisotopic (exact) mass is 607 g/mol. The molecule has 0 bridgehead atoms. The Morgan fingerprint density at radius 3 is 2.71 bits per heavy atom. The van der Waals surface area contributed by atoms with Crippen LogP contribution in [-0.2, 0) is 30.7 Å². The molecule has 0 aromatic heterocycles. The Bertz CT molecular complexity index is 1610. The summed E-state index contributed by atoms with van der Waals surface area (Å²) in [5, 5.41) is 13.8. The first-order chi connectivity index (χ1) is 22.9. The second-order valence-corrected chi connectivity index (χ2v) is 11.1. The molecule has 1 unspecified atom stereocenters. The number of alkyl carbamates (subject to hydrolysis) is 1. The van der Waals surface area contributed by atoms with E-state index in [-0.39, 0.29) is 23.8 Å². The van der Waals surface area contributed by atoms with Gasteiger partial charge in [0.2, 0.25) is 10.0 Å². The maximum Gasteiger partial charge on any atom is 0.407 e. The number of rotatable bonds is 13. The van der Waals surface area contributed by atoms with Crippen LogP contribution in [0, 0.1) is 11.8 Å². The van der Waals surface area contributed by atoms with E-state index in [1.54, 1.807) is 30.3 Å². The molecule has 2 heterocycles. The Labute approximate surface area is 251 Å². The highest BCUT2D eigenvalue weighted by Gasteiger charge is 2.44. The van der Waals surface area contributed by atoms with Gasteiger partial charge >= 0.3 is 12.7 Å². The van der Waals surface area contributed by atoms with Gasteiger partial charge in [0.1, 0.15) is 11.8 Å². The molecule has 2 aliphatic rings. The Morgan fingerprint density at radius 1 is 1.29 bits per heavy atom. The van der Waals surface area contributed by atoms with Gasteiger partial charge in [-0.2, -0.15) is 13.1 Å². The smallest absolute Gasteiger partial charge is 0.407 e. The molecule has 2 aromatic carbocycles. The zero-order valence-corrected chi connectivity index (χ0v) is 22.6. The van der Waals surface area contributed by atoms with Crippen molar-refractivity contribution < 1.29 is 58.4 Å². The van der Waals surface area contributed by atoms with Crippen LogP contribution in [0.25, 0.3) is 0 Å². The summed E-state index contributed by atoms with van der Waals surface area (Å²) in [6.07, 6.45) is -7.45. The van der Waals surface area contributed by atoms with Crippen molar-refractivity contribution in [2.75, 3.05) is 26.2 Å². The Morgan fingerprint density at radius 2 is 2.02 bits per heavy atom. The number of aliphatic hydroxyl groups excluding tert-OH is 1. The van der Waals surface area contributed by atoms with Crippen molar-refractivity contribution in [1.82, 2.24) is 9.62 Å². The van der Waals surface area contributed by atoms with Crippen LogP contribution in [0.1, 0.15) is 38.1 Å². The average Bonchev–Trinajstić information content (AvgIpc) is 3.53. The number of fused-ring (bicyclic) bond motifs is 1. The lowest BCUT2D eigenvalue weighted by molar-refractivity contribution is -0.0907. The van der Waals surface area contributed by atoms with Crippen molar-refractivity contribution >= 4 is 16.1 Å². The van der Waals surface area contributed by atoms with Crippen LogP contribution in [0.4, 0.5) is 13.6 Å². The Balaban J connectivity index is 1.71. The van der Waals surface area contributed by atoms with Gasteiger partial charge in [-0.05, 0) is 48.6 Å². The minimum Gasteiger partial charge on any atom is -0.443 e. The quantitative estimate of drug-likeness (QED) is 0.355. The molecule has 2 aromatic rings. The third-order valence-electron chi connectivity index (χ3n) is 6.20. The summed E-state index contributed by atoms with van der Waals surface area (Å²) in [5.74, 6) is -4.65. The van der Waals surface area contributed by atoms with E-state index < -0.39 is 96.2 Å². The average molecular weight is 608 g/mol. The largest absolute Gasteiger partial charge is 0.443 e. The fourth-order valence-electron chi connectivity index (χ4n) is 4.26. The van der Waals surface area contributed by atoms with E-state index in [0.29, 0.717) is 12.5 Å². The van der Waals surface area contributed by atoms with Crippen molar-refractivity contribution in [2.24, 2.45) is 11.8 Å². The molecular formula is C28H36F2N2O8S. The molecule has 2 saturated heterocycles. The van der Waals surface area contributed by atoms with Gasteiger partial charge in [0, 0.05) is 21.3 Å². The summed E-state index contributed by atoms with van der Waals surface area (Å²) in [7, 11) is -5.20. The molecule has 226 valence electrons. The Kier molecular flexibility index (Phi) is 7.09. The summed E-state index contributed by atoms with van der Waals surface area (Å²) in [5.41, 5.74) is 0.459. The Hall–Kier alpha value is -2.84. The highest BCUT2D eigenvalue weighted by atomic mass is 32.2. The second-order valence-electron chi connectivity index (χ2n) is 9.24. The number of carbonyl (C=O) groups excluding carboxylic acids is 1. The number of hydrogen-bond donors (Lipinski definition) is 2. The number of benzene rings is 2. The van der Waals surface area contributed by atoms with Crippen molar-refractivity contribution in [1.29, 1.82) is 0 Å². The summed E-state index contributed by atoms with van der Waals surface area (Å²) < 4.78 is 147. The molecule has 0 spiro atoms. The lowest BCUT2D eigenvalue weighted by Crippen LogP contribution is -2.51. The summed E-state index contributed by atoms with van der Waals surface area (Å²) >= 11 is 0. The molecule has 41 heavy (non-hydrogen) atoms. The topological polar surface area (TPSA) is 124 Å². The number of nitrogens with zero attached hydrogens (tertiary/aromatic N) is 1. The van der Waals surface area contributed by atoms with Crippen molar-refractivity contribution in [3.8, 4) is 5.75 Å². The van der Waals surface area contributed by atoms with Crippen LogP contribution in [0.15, 0.2) is 59.5 Å². The molecule has 0 radical (unpaired) electrons. The predicted octanol–water partition coefficient (Wildman–Crippen LogP) is 3.39. The van der Waals surface area contributed by atoms with Crippen LogP contribution < -0.4 is 10.1 Å². The van der Waals surface area contributed by atoms with E-state index in [9.17, 15) is 27.1 Å². The minimum atomic E-state index is -5.20. The standard InChI is InChI=1S/C28H36F2N2O8S/c1-18(2)15-32(41(35,36)21-10-8-20(9-11-21)39-27(29)30)16-24(33)23(14-19-6-4-3-5-7-19)31-28(34)40-25-17-38-26-22(25)12-13-37-26/h3-11,18,22-27,33H,12-17H2,1-2H3,(H,31,34)/t22-,23-,24+,25-,26+/m0/s1/i1D3,15D2,17D2,18D,25D/t18?,22-,23-,24+,25-,26+. The highest BCUT2D eigenvalue weighted by Crippen LogP contribution is 2.33. The van der Waals surface area contributed by atoms with Gasteiger partial charge in [-0.3, -0.25) is 0 Å². The maximum atomic E-state index is 14.0. The van der Waals surface area contributed by atoms with Gasteiger partial charge in [-0.1, -0.05) is 44.1 Å². The highest BCUT2D eigenvalue weighted by molar-refractivity contribution is 7.89. The van der Waals surface area contributed by atoms with E-state index in [4.69, 9.17) is 26.5 Å². The maximum absolute atomic E-state index is 14.0. The normalized spacial score (nSPS) is 30.4. The summed E-state index contributed by atoms with van der Waals surface area (Å²) in [4.78, 5) is 12.5. The molecule has 0 aliphatic carbocycles. The summed E-state index contributed by atoms with van der Waals surface area (Å²) in [6, 6.07) is 9.71. The van der Waals surface area contributed by atoms with Gasteiger partial charge in [-0.25, -0.2) is 13.2 Å². The van der Waals surface area contributed by atoms with Gasteiger partial charge in [0.05, 0.1) is 40.2 Å². The lowest BCUT2D eigenvalue weighted by atomic mass is 10.0. The first-order valence-electron chi connectivity index (χ1n) is 17.0. The fraction of sp³-hybridized carbons (Fsp3) is 0.536. The van der Waals surface area contributed by atoms with E-state index in [1.807, 2.05) is 0 Å². The third-order valence-corrected chi connectivity index (χ3v) is 7.89. The molecule has 2 aliphatic heterocycles. The van der Waals surface area contributed by atoms with E-state index in [2.05, 4.69) is 10.1 Å². The van der Waals surface area contributed by atoms with Crippen molar-refractivity contribution in [3.63, 3.8) is 0 Å². The van der Waals surface area contributed by atoms with Gasteiger partial charge < -0.3 is 29.4 Å². The number of amides is 1. The van der Waals surface area contributed by atoms with E-state index in [1.165, 1.54) is 0 Å². The second kappa shape index (κ2) is 13.9. The predicted molar refractivity (Wildman–Crippen MR) is 144 cm³/mol. The first-order valence-corrected chi connectivity index (χ1v) is 14.0. The number of sulfonamides is 1. The SMILES string of the molecule is [2H]C([2H])([2H])C([2H])(C)C([2H])([2H])N(C[C@@H](O)[C@H](Cc1ccccc1)NC(=O)O[C@]1([2H])[C@@H]2CCO[C@@H]2OC1([2H])[2H])S(=O)(=O)c1ccc(OC(F)F)cc1. The van der Waals surface area contributed by atoms with Crippen molar-refractivity contribution in [2.45, 2.75) is 62.6 Å². The number of aliphatic hydroxyl groups is 1. The molecule has 13 heteroatoms. The molecule has 2 N–H and O–H groups in total. The third kappa shape index (κ3) is 8.35. The van der Waals surface area contributed by atoms with Gasteiger partial charge in [-0.15, -0.1) is 0 Å². The number of carbonyl (C=O) groups is 1. The molecule has 4 rings (SSSR count). The van der Waals surface area contributed by atoms with Crippen LogP contribution in [0.5, 0.6) is 5.75 Å². The number of nitrogens with one attached hydrogen (secondary N) is 1. The van der Waals surface area contributed by atoms with Gasteiger partial charge in [0.15, 0.2) is 6.29 Å². The molecule has 2 fully saturated rings. The molecular weight excluding hydrogens is 562 g/mol. The number of hydrogen-bond acceptors (Lipinski definition) is 8. The zero-order chi connectivity index (χ0) is 37.5. The van der Waals surface area contributed by atoms with E-state index >= 15 is 0 Å². The number of halogens is 2. The molecule has 1 amide bonds. The number of alkyl halides is 2. The van der Waals surface area contributed by atoms with Crippen LogP contribution >= 0.6 is 0 Å².